The van der Waals surface area contributed by atoms with Crippen LogP contribution in [0.1, 0.15) is 54.6 Å². The van der Waals surface area contributed by atoms with Crippen molar-refractivity contribution in [2.75, 3.05) is 11.4 Å². The lowest BCUT2D eigenvalue weighted by Crippen LogP contribution is -2.52. The van der Waals surface area contributed by atoms with Gasteiger partial charge in [-0.2, -0.15) is 0 Å². The van der Waals surface area contributed by atoms with Crippen LogP contribution in [0, 0.1) is 0 Å². The first-order valence-corrected chi connectivity index (χ1v) is 15.0. The first kappa shape index (κ1) is 29.3. The number of carbonyl (C=O) groups excluding carboxylic acids is 3. The van der Waals surface area contributed by atoms with Crippen LogP contribution >= 0.6 is 11.6 Å². The van der Waals surface area contributed by atoms with E-state index in [2.05, 4.69) is 5.32 Å². The molecule has 5 rings (SSSR count). The van der Waals surface area contributed by atoms with Crippen molar-refractivity contribution in [3.63, 3.8) is 0 Å². The Labute approximate surface area is 252 Å². The topological polar surface area (TPSA) is 69.7 Å². The Balaban J connectivity index is 1.38. The lowest BCUT2D eigenvalue weighted by Gasteiger charge is -2.33. The zero-order chi connectivity index (χ0) is 29.6. The minimum atomic E-state index is -0.725. The van der Waals surface area contributed by atoms with Gasteiger partial charge in [-0.15, -0.1) is 0 Å². The summed E-state index contributed by atoms with van der Waals surface area (Å²) in [4.78, 5) is 44.4. The van der Waals surface area contributed by atoms with Crippen LogP contribution < -0.4 is 10.2 Å². The third-order valence-corrected chi connectivity index (χ3v) is 8.36. The summed E-state index contributed by atoms with van der Waals surface area (Å²) in [5.41, 5.74) is 3.31. The SMILES string of the molecule is CC[C@H](C)NC(=O)[C@@H](Cc1ccccc1)N(Cc1ccccc1Cl)C(=O)CCCN1C(=O)c2cccc3cccc1c23. The summed E-state index contributed by atoms with van der Waals surface area (Å²) in [6.07, 6.45) is 1.80. The van der Waals surface area contributed by atoms with E-state index in [0.29, 0.717) is 30.0 Å². The molecule has 0 radical (unpaired) electrons. The van der Waals surface area contributed by atoms with Crippen LogP contribution in [0.4, 0.5) is 5.69 Å². The molecule has 4 aromatic carbocycles. The molecule has 3 amide bonds. The summed E-state index contributed by atoms with van der Waals surface area (Å²) in [5, 5.41) is 5.63. The number of halogens is 1. The molecular formula is C35H36ClN3O3. The Bertz CT molecular complexity index is 1580. The number of hydrogen-bond acceptors (Lipinski definition) is 3. The van der Waals surface area contributed by atoms with Crippen molar-refractivity contribution in [2.24, 2.45) is 0 Å². The maximum Gasteiger partial charge on any atom is 0.258 e. The summed E-state index contributed by atoms with van der Waals surface area (Å²) in [5.74, 6) is -0.389. The average molecular weight is 582 g/mol. The maximum atomic E-state index is 14.0. The molecule has 1 heterocycles. The van der Waals surface area contributed by atoms with Crippen LogP contribution in [0.25, 0.3) is 10.8 Å². The lowest BCUT2D eigenvalue weighted by atomic mass is 10.0. The van der Waals surface area contributed by atoms with Gasteiger partial charge >= 0.3 is 0 Å². The van der Waals surface area contributed by atoms with Gasteiger partial charge in [-0.05, 0) is 54.5 Å². The number of anilines is 1. The molecule has 4 aromatic rings. The fourth-order valence-electron chi connectivity index (χ4n) is 5.54. The molecule has 2 atom stereocenters. The highest BCUT2D eigenvalue weighted by Gasteiger charge is 2.32. The average Bonchev–Trinajstić information content (AvgIpc) is 3.28. The number of carbonyl (C=O) groups is 3. The van der Waals surface area contributed by atoms with Gasteiger partial charge in [0.2, 0.25) is 11.8 Å². The van der Waals surface area contributed by atoms with Crippen LogP contribution in [0.3, 0.4) is 0 Å². The van der Waals surface area contributed by atoms with Gasteiger partial charge in [-0.3, -0.25) is 14.4 Å². The van der Waals surface area contributed by atoms with E-state index < -0.39 is 6.04 Å². The van der Waals surface area contributed by atoms with Gasteiger partial charge in [0, 0.05) is 47.9 Å². The standard InChI is InChI=1S/C35H36ClN3O3/c1-3-24(2)37-34(41)31(22-25-12-5-4-6-13-25)39(23-27-14-7-8-18-29(27)36)32(40)20-11-21-38-30-19-10-16-26-15-9-17-28(33(26)30)35(38)42/h4-10,12-19,24,31H,3,11,20-23H2,1-2H3,(H,37,41)/t24-,31+/m0/s1. The van der Waals surface area contributed by atoms with Crippen molar-refractivity contribution < 1.29 is 14.4 Å². The first-order chi connectivity index (χ1) is 20.4. The maximum absolute atomic E-state index is 14.0. The second-order valence-corrected chi connectivity index (χ2v) is 11.3. The van der Waals surface area contributed by atoms with Gasteiger partial charge in [-0.25, -0.2) is 0 Å². The predicted octanol–water partition coefficient (Wildman–Crippen LogP) is 6.79. The summed E-state index contributed by atoms with van der Waals surface area (Å²) in [7, 11) is 0. The molecule has 0 fully saturated rings. The van der Waals surface area contributed by atoms with E-state index in [-0.39, 0.29) is 36.7 Å². The molecule has 0 saturated heterocycles. The number of nitrogens with zero attached hydrogens (tertiary/aromatic N) is 2. The second kappa shape index (κ2) is 13.2. The minimum Gasteiger partial charge on any atom is -0.352 e. The van der Waals surface area contributed by atoms with Crippen LogP contribution in [-0.2, 0) is 22.6 Å². The highest BCUT2D eigenvalue weighted by atomic mass is 35.5. The van der Waals surface area contributed by atoms with Crippen molar-refractivity contribution >= 4 is 45.8 Å². The third kappa shape index (κ3) is 6.34. The lowest BCUT2D eigenvalue weighted by molar-refractivity contribution is -0.141. The van der Waals surface area contributed by atoms with Gasteiger partial charge < -0.3 is 15.1 Å². The van der Waals surface area contributed by atoms with Crippen molar-refractivity contribution in [1.82, 2.24) is 10.2 Å². The molecule has 0 unspecified atom stereocenters. The summed E-state index contributed by atoms with van der Waals surface area (Å²) >= 11 is 6.53. The van der Waals surface area contributed by atoms with E-state index in [1.54, 1.807) is 15.9 Å². The van der Waals surface area contributed by atoms with Crippen LogP contribution in [0.2, 0.25) is 5.02 Å². The van der Waals surface area contributed by atoms with Gasteiger partial charge in [-0.1, -0.05) is 91.3 Å². The van der Waals surface area contributed by atoms with Crippen molar-refractivity contribution in [2.45, 2.75) is 58.2 Å². The van der Waals surface area contributed by atoms with Crippen LogP contribution in [0.5, 0.6) is 0 Å². The summed E-state index contributed by atoms with van der Waals surface area (Å²) < 4.78 is 0. The monoisotopic (exact) mass is 581 g/mol. The second-order valence-electron chi connectivity index (χ2n) is 10.9. The molecule has 0 aliphatic carbocycles. The fraction of sp³-hybridized carbons (Fsp3) is 0.286. The molecule has 1 aliphatic rings. The Hall–Kier alpha value is -4.16. The molecule has 1 aliphatic heterocycles. The van der Waals surface area contributed by atoms with Gasteiger partial charge in [0.05, 0.1) is 5.69 Å². The molecular weight excluding hydrogens is 546 g/mol. The fourth-order valence-corrected chi connectivity index (χ4v) is 5.73. The Morgan fingerprint density at radius 3 is 2.38 bits per heavy atom. The van der Waals surface area contributed by atoms with E-state index in [4.69, 9.17) is 11.6 Å². The molecule has 216 valence electrons. The van der Waals surface area contributed by atoms with Crippen molar-refractivity contribution in [3.05, 3.63) is 113 Å². The molecule has 0 bridgehead atoms. The van der Waals surface area contributed by atoms with Crippen molar-refractivity contribution in [3.8, 4) is 0 Å². The zero-order valence-corrected chi connectivity index (χ0v) is 24.8. The van der Waals surface area contributed by atoms with E-state index in [9.17, 15) is 14.4 Å². The highest BCUT2D eigenvalue weighted by molar-refractivity contribution is 6.31. The molecule has 0 aromatic heterocycles. The quantitative estimate of drug-likeness (QED) is 0.200. The van der Waals surface area contributed by atoms with Gasteiger partial charge in [0.15, 0.2) is 0 Å². The van der Waals surface area contributed by atoms with Crippen LogP contribution in [-0.4, -0.2) is 41.2 Å². The Morgan fingerprint density at radius 1 is 0.929 bits per heavy atom. The molecule has 7 heteroatoms. The zero-order valence-electron chi connectivity index (χ0n) is 24.1. The molecule has 6 nitrogen and oxygen atoms in total. The van der Waals surface area contributed by atoms with E-state index in [1.807, 2.05) is 98.8 Å². The number of amides is 3. The van der Waals surface area contributed by atoms with E-state index in [0.717, 1.165) is 34.0 Å². The number of rotatable bonds is 12. The molecule has 0 saturated carbocycles. The Morgan fingerprint density at radius 2 is 1.64 bits per heavy atom. The van der Waals surface area contributed by atoms with Crippen molar-refractivity contribution in [1.29, 1.82) is 0 Å². The Kier molecular flexibility index (Phi) is 9.23. The number of hydrogen-bond donors (Lipinski definition) is 1. The van der Waals surface area contributed by atoms with Crippen LogP contribution in [0.15, 0.2) is 91.0 Å². The van der Waals surface area contributed by atoms with Gasteiger partial charge in [0.1, 0.15) is 6.04 Å². The third-order valence-electron chi connectivity index (χ3n) is 7.99. The molecule has 42 heavy (non-hydrogen) atoms. The minimum absolute atomic E-state index is 0.0291. The summed E-state index contributed by atoms with van der Waals surface area (Å²) in [6.45, 7) is 4.59. The largest absolute Gasteiger partial charge is 0.352 e. The number of nitrogens with one attached hydrogen (secondary N) is 1. The molecule has 0 spiro atoms. The smallest absolute Gasteiger partial charge is 0.258 e. The predicted molar refractivity (Wildman–Crippen MR) is 169 cm³/mol. The summed E-state index contributed by atoms with van der Waals surface area (Å²) in [6, 6.07) is 28.1. The van der Waals surface area contributed by atoms with Gasteiger partial charge in [0.25, 0.3) is 5.91 Å². The molecule has 1 N–H and O–H groups in total. The van der Waals surface area contributed by atoms with E-state index in [1.165, 1.54) is 0 Å². The normalized spacial score (nSPS) is 13.7. The number of benzene rings is 4. The van der Waals surface area contributed by atoms with E-state index >= 15 is 0 Å². The first-order valence-electron chi connectivity index (χ1n) is 14.6. The highest BCUT2D eigenvalue weighted by Crippen LogP contribution is 2.37.